The summed E-state index contributed by atoms with van der Waals surface area (Å²) < 4.78 is 0.768. The Morgan fingerprint density at radius 1 is 1.37 bits per heavy atom. The van der Waals surface area contributed by atoms with E-state index in [1.807, 2.05) is 0 Å². The lowest BCUT2D eigenvalue weighted by Gasteiger charge is -2.06. The molecule has 98 valence electrons. The molecule has 2 rings (SSSR count). The van der Waals surface area contributed by atoms with E-state index in [1.54, 1.807) is 25.2 Å². The first-order valence-electron chi connectivity index (χ1n) is 5.36. The Kier molecular flexibility index (Phi) is 4.34. The third kappa shape index (κ3) is 3.42. The average Bonchev–Trinajstić information content (AvgIpc) is 2.43. The molecule has 1 aromatic heterocycles. The standard InChI is InChI=1S/C12H10BrClN4O/c1-15-11-6-16-5-10(18-11)12(19)17-7-2-3-8(13)9(14)4-7/h2-6H,1H3,(H,15,18)(H,17,19). The number of rotatable bonds is 3. The van der Waals surface area contributed by atoms with Crippen LogP contribution in [-0.4, -0.2) is 22.9 Å². The first kappa shape index (κ1) is 13.8. The molecule has 2 N–H and O–H groups in total. The van der Waals surface area contributed by atoms with Crippen LogP contribution in [0.1, 0.15) is 10.5 Å². The quantitative estimate of drug-likeness (QED) is 0.900. The Labute approximate surface area is 123 Å². The predicted molar refractivity (Wildman–Crippen MR) is 78.7 cm³/mol. The van der Waals surface area contributed by atoms with E-state index in [2.05, 4.69) is 36.5 Å². The van der Waals surface area contributed by atoms with Gasteiger partial charge in [-0.05, 0) is 34.1 Å². The molecule has 0 aliphatic rings. The number of anilines is 2. The molecule has 2 aromatic rings. The van der Waals surface area contributed by atoms with Crippen molar-refractivity contribution in [1.82, 2.24) is 9.97 Å². The monoisotopic (exact) mass is 340 g/mol. The second-order valence-electron chi connectivity index (χ2n) is 3.62. The van der Waals surface area contributed by atoms with Gasteiger partial charge >= 0.3 is 0 Å². The summed E-state index contributed by atoms with van der Waals surface area (Å²) in [4.78, 5) is 20.0. The fourth-order valence-corrected chi connectivity index (χ4v) is 1.79. The van der Waals surface area contributed by atoms with E-state index in [4.69, 9.17) is 11.6 Å². The van der Waals surface area contributed by atoms with Crippen LogP contribution in [-0.2, 0) is 0 Å². The van der Waals surface area contributed by atoms with Crippen LogP contribution in [0.5, 0.6) is 0 Å². The summed E-state index contributed by atoms with van der Waals surface area (Å²) in [7, 11) is 1.71. The highest BCUT2D eigenvalue weighted by atomic mass is 79.9. The van der Waals surface area contributed by atoms with Crippen molar-refractivity contribution in [2.24, 2.45) is 0 Å². The molecule has 0 saturated heterocycles. The first-order valence-corrected chi connectivity index (χ1v) is 6.53. The van der Waals surface area contributed by atoms with Crippen LogP contribution >= 0.6 is 27.5 Å². The zero-order valence-electron chi connectivity index (χ0n) is 9.95. The van der Waals surface area contributed by atoms with Crippen molar-refractivity contribution in [2.75, 3.05) is 17.7 Å². The maximum Gasteiger partial charge on any atom is 0.275 e. The molecule has 0 radical (unpaired) electrons. The van der Waals surface area contributed by atoms with Gasteiger partial charge in [-0.2, -0.15) is 0 Å². The number of benzene rings is 1. The van der Waals surface area contributed by atoms with Gasteiger partial charge in [0.15, 0.2) is 0 Å². The molecule has 0 bridgehead atoms. The highest BCUT2D eigenvalue weighted by molar-refractivity contribution is 9.10. The second kappa shape index (κ2) is 5.99. The van der Waals surface area contributed by atoms with Crippen LogP contribution in [0.25, 0.3) is 0 Å². The Bertz CT molecular complexity index is 620. The summed E-state index contributed by atoms with van der Waals surface area (Å²) in [6.45, 7) is 0. The fourth-order valence-electron chi connectivity index (χ4n) is 1.36. The van der Waals surface area contributed by atoms with Crippen molar-refractivity contribution < 1.29 is 4.79 Å². The topological polar surface area (TPSA) is 66.9 Å². The Morgan fingerprint density at radius 2 is 2.16 bits per heavy atom. The first-order chi connectivity index (χ1) is 9.10. The van der Waals surface area contributed by atoms with Gasteiger partial charge in [-0.1, -0.05) is 11.6 Å². The van der Waals surface area contributed by atoms with E-state index in [0.29, 0.717) is 16.5 Å². The molecule has 0 spiro atoms. The number of carbonyl (C=O) groups excluding carboxylic acids is 1. The van der Waals surface area contributed by atoms with E-state index >= 15 is 0 Å². The van der Waals surface area contributed by atoms with Crippen LogP contribution in [0, 0.1) is 0 Å². The molecule has 1 heterocycles. The minimum atomic E-state index is -0.344. The number of nitrogens with one attached hydrogen (secondary N) is 2. The minimum Gasteiger partial charge on any atom is -0.372 e. The van der Waals surface area contributed by atoms with Gasteiger partial charge < -0.3 is 10.6 Å². The summed E-state index contributed by atoms with van der Waals surface area (Å²) in [5.74, 6) is 0.185. The number of halogens is 2. The van der Waals surface area contributed by atoms with Crippen LogP contribution < -0.4 is 10.6 Å². The van der Waals surface area contributed by atoms with Gasteiger partial charge in [-0.25, -0.2) is 4.98 Å². The third-order valence-electron chi connectivity index (χ3n) is 2.30. The zero-order valence-corrected chi connectivity index (χ0v) is 12.3. The lowest BCUT2D eigenvalue weighted by molar-refractivity contribution is 0.102. The molecule has 0 fully saturated rings. The van der Waals surface area contributed by atoms with E-state index < -0.39 is 0 Å². The van der Waals surface area contributed by atoms with E-state index in [0.717, 1.165) is 4.47 Å². The van der Waals surface area contributed by atoms with E-state index in [9.17, 15) is 4.79 Å². The second-order valence-corrected chi connectivity index (χ2v) is 4.88. The zero-order chi connectivity index (χ0) is 13.8. The fraction of sp³-hybridized carbons (Fsp3) is 0.0833. The molecule has 0 saturated carbocycles. The summed E-state index contributed by atoms with van der Waals surface area (Å²) in [6, 6.07) is 5.15. The van der Waals surface area contributed by atoms with Crippen molar-refractivity contribution in [2.45, 2.75) is 0 Å². The smallest absolute Gasteiger partial charge is 0.275 e. The van der Waals surface area contributed by atoms with Gasteiger partial charge in [-0.3, -0.25) is 9.78 Å². The molecule has 19 heavy (non-hydrogen) atoms. The number of hydrogen-bond donors (Lipinski definition) is 2. The molecule has 1 amide bonds. The maximum atomic E-state index is 12.0. The molecule has 7 heteroatoms. The van der Waals surface area contributed by atoms with Gasteiger partial charge in [0.25, 0.3) is 5.91 Å². The molecule has 5 nitrogen and oxygen atoms in total. The molecule has 0 unspecified atom stereocenters. The van der Waals surface area contributed by atoms with Crippen molar-refractivity contribution >= 4 is 44.9 Å². The van der Waals surface area contributed by atoms with Crippen LogP contribution in [0.3, 0.4) is 0 Å². The van der Waals surface area contributed by atoms with Gasteiger partial charge in [-0.15, -0.1) is 0 Å². The average molecular weight is 342 g/mol. The van der Waals surface area contributed by atoms with Crippen molar-refractivity contribution in [3.63, 3.8) is 0 Å². The molecule has 0 aliphatic heterocycles. The number of amides is 1. The summed E-state index contributed by atoms with van der Waals surface area (Å²) in [6.07, 6.45) is 2.93. The molecular formula is C12H10BrClN4O. The van der Waals surface area contributed by atoms with Crippen molar-refractivity contribution in [3.8, 4) is 0 Å². The SMILES string of the molecule is CNc1cncc(C(=O)Nc2ccc(Br)c(Cl)c2)n1. The number of carbonyl (C=O) groups is 1. The lowest BCUT2D eigenvalue weighted by atomic mass is 10.3. The molecule has 0 atom stereocenters. The summed E-state index contributed by atoms with van der Waals surface area (Å²) in [5, 5.41) is 6.05. The number of hydrogen-bond acceptors (Lipinski definition) is 4. The highest BCUT2D eigenvalue weighted by Gasteiger charge is 2.09. The van der Waals surface area contributed by atoms with Gasteiger partial charge in [0.05, 0.1) is 17.4 Å². The third-order valence-corrected chi connectivity index (χ3v) is 3.53. The number of aromatic nitrogens is 2. The predicted octanol–water partition coefficient (Wildman–Crippen LogP) is 3.19. The molecular weight excluding hydrogens is 332 g/mol. The van der Waals surface area contributed by atoms with E-state index in [1.165, 1.54) is 12.4 Å². The van der Waals surface area contributed by atoms with Gasteiger partial charge in [0.2, 0.25) is 0 Å². The molecule has 1 aromatic carbocycles. The Hall–Kier alpha value is -1.66. The Balaban J connectivity index is 2.18. The van der Waals surface area contributed by atoms with Crippen molar-refractivity contribution in [1.29, 1.82) is 0 Å². The van der Waals surface area contributed by atoms with Crippen LogP contribution in [0.15, 0.2) is 35.1 Å². The number of nitrogens with zero attached hydrogens (tertiary/aromatic N) is 2. The maximum absolute atomic E-state index is 12.0. The van der Waals surface area contributed by atoms with Gasteiger partial charge in [0.1, 0.15) is 11.5 Å². The van der Waals surface area contributed by atoms with Crippen LogP contribution in [0.4, 0.5) is 11.5 Å². The summed E-state index contributed by atoms with van der Waals surface area (Å²) >= 11 is 9.24. The van der Waals surface area contributed by atoms with Crippen LogP contribution in [0.2, 0.25) is 5.02 Å². The Morgan fingerprint density at radius 3 is 2.84 bits per heavy atom. The van der Waals surface area contributed by atoms with E-state index in [-0.39, 0.29) is 11.6 Å². The largest absolute Gasteiger partial charge is 0.372 e. The summed E-state index contributed by atoms with van der Waals surface area (Å²) in [5.41, 5.74) is 0.820. The normalized spacial score (nSPS) is 10.1. The molecule has 0 aliphatic carbocycles. The van der Waals surface area contributed by atoms with Gasteiger partial charge in [0, 0.05) is 17.2 Å². The highest BCUT2D eigenvalue weighted by Crippen LogP contribution is 2.25. The lowest BCUT2D eigenvalue weighted by Crippen LogP contribution is -2.14. The van der Waals surface area contributed by atoms with Crippen molar-refractivity contribution in [3.05, 3.63) is 45.8 Å². The minimum absolute atomic E-state index is 0.228.